The van der Waals surface area contributed by atoms with Gasteiger partial charge in [0.25, 0.3) is 0 Å². The number of hydrogen-bond donors (Lipinski definition) is 3. The van der Waals surface area contributed by atoms with E-state index in [0.717, 1.165) is 27.4 Å². The quantitative estimate of drug-likeness (QED) is 0.496. The molecule has 0 spiro atoms. The Hall–Kier alpha value is -2.84. The van der Waals surface area contributed by atoms with Gasteiger partial charge in [0.1, 0.15) is 10.6 Å². The molecule has 0 bridgehead atoms. The third kappa shape index (κ3) is 4.25. The first-order valence-electron chi connectivity index (χ1n) is 10.7. The molecule has 0 amide bonds. The second-order valence-electron chi connectivity index (χ2n) is 9.12. The molecule has 168 valence electrons. The van der Waals surface area contributed by atoms with Gasteiger partial charge in [-0.3, -0.25) is 4.79 Å². The Kier molecular flexibility index (Phi) is 5.77. The maximum atomic E-state index is 11.7. The van der Waals surface area contributed by atoms with Crippen molar-refractivity contribution < 1.29 is 15.0 Å². The number of carbonyl (C=O) groups is 1. The van der Waals surface area contributed by atoms with Crippen LogP contribution in [0.25, 0.3) is 10.4 Å². The lowest BCUT2D eigenvalue weighted by Gasteiger charge is -2.43. The van der Waals surface area contributed by atoms with Crippen LogP contribution in [0.4, 0.5) is 11.6 Å². The molecule has 1 aliphatic rings. The zero-order valence-electron chi connectivity index (χ0n) is 18.7. The molecule has 0 saturated heterocycles. The second kappa shape index (κ2) is 8.26. The highest BCUT2D eigenvalue weighted by molar-refractivity contribution is 7.15. The van der Waals surface area contributed by atoms with Gasteiger partial charge < -0.3 is 15.5 Å². The summed E-state index contributed by atoms with van der Waals surface area (Å²) in [4.78, 5) is 25.9. The molecule has 2 heterocycles. The Morgan fingerprint density at radius 2 is 2.00 bits per heavy atom. The summed E-state index contributed by atoms with van der Waals surface area (Å²) in [5.74, 6) is -0.419. The first kappa shape index (κ1) is 22.4. The predicted molar refractivity (Wildman–Crippen MR) is 125 cm³/mol. The van der Waals surface area contributed by atoms with E-state index in [9.17, 15) is 15.0 Å². The number of aromatic nitrogens is 3. The molecule has 8 heteroatoms. The minimum absolute atomic E-state index is 0.157. The third-order valence-electron chi connectivity index (χ3n) is 6.59. The minimum atomic E-state index is -1.10. The molecule has 1 aliphatic carbocycles. The van der Waals surface area contributed by atoms with Crippen LogP contribution in [-0.4, -0.2) is 31.1 Å². The number of carboxylic acids is 1. The lowest BCUT2D eigenvalue weighted by atomic mass is 9.63. The molecule has 1 saturated carbocycles. The van der Waals surface area contributed by atoms with Crippen LogP contribution in [0.1, 0.15) is 49.4 Å². The third-order valence-corrected chi connectivity index (χ3v) is 7.83. The molecular weight excluding hydrogens is 424 g/mol. The molecule has 7 nitrogen and oxygen atoms in total. The molecule has 3 aromatic rings. The predicted octanol–water partition coefficient (Wildman–Crippen LogP) is 5.06. The summed E-state index contributed by atoms with van der Waals surface area (Å²) in [6, 6.07) is 7.97. The highest BCUT2D eigenvalue weighted by Gasteiger charge is 2.50. The average Bonchev–Trinajstić information content (AvgIpc) is 3.22. The summed E-state index contributed by atoms with van der Waals surface area (Å²) in [5, 5.41) is 24.9. The Bertz CT molecular complexity index is 1160. The lowest BCUT2D eigenvalue weighted by Crippen LogP contribution is -2.45. The fourth-order valence-corrected chi connectivity index (χ4v) is 5.35. The van der Waals surface area contributed by atoms with Crippen LogP contribution < -0.4 is 5.32 Å². The zero-order chi connectivity index (χ0) is 23.1. The van der Waals surface area contributed by atoms with Gasteiger partial charge in [0, 0.05) is 23.8 Å². The number of aryl methyl sites for hydroxylation is 2. The monoisotopic (exact) mass is 452 g/mol. The molecule has 0 radical (unpaired) electrons. The van der Waals surface area contributed by atoms with E-state index in [4.69, 9.17) is 0 Å². The summed E-state index contributed by atoms with van der Waals surface area (Å²) in [5.41, 5.74) is 1.92. The van der Waals surface area contributed by atoms with Crippen LogP contribution in [0.15, 0.2) is 36.7 Å². The second-order valence-corrected chi connectivity index (χ2v) is 10.2. The molecule has 0 unspecified atom stereocenters. The largest absolute Gasteiger partial charge is 0.481 e. The number of aliphatic carboxylic acids is 1. The maximum absolute atomic E-state index is 11.7. The van der Waals surface area contributed by atoms with Gasteiger partial charge in [0.2, 0.25) is 5.95 Å². The molecule has 0 aliphatic heterocycles. The highest BCUT2D eigenvalue weighted by Crippen LogP contribution is 2.50. The summed E-state index contributed by atoms with van der Waals surface area (Å²) in [7, 11) is 0. The van der Waals surface area contributed by atoms with E-state index in [1.165, 1.54) is 11.3 Å². The number of benzene rings is 1. The summed E-state index contributed by atoms with van der Waals surface area (Å²) in [6.07, 6.45) is 4.70. The van der Waals surface area contributed by atoms with Gasteiger partial charge in [-0.05, 0) is 75.3 Å². The molecule has 3 atom stereocenters. The van der Waals surface area contributed by atoms with Crippen LogP contribution in [0.3, 0.4) is 0 Å². The molecule has 2 aromatic heterocycles. The van der Waals surface area contributed by atoms with E-state index in [1.54, 1.807) is 19.3 Å². The molecule has 4 rings (SSSR count). The van der Waals surface area contributed by atoms with Crippen molar-refractivity contribution >= 4 is 28.9 Å². The zero-order valence-corrected chi connectivity index (χ0v) is 19.5. The Balaban J connectivity index is 1.59. The Morgan fingerprint density at radius 3 is 2.69 bits per heavy atom. The van der Waals surface area contributed by atoms with Crippen molar-refractivity contribution in [1.29, 1.82) is 0 Å². The summed E-state index contributed by atoms with van der Waals surface area (Å²) < 4.78 is 0. The van der Waals surface area contributed by atoms with Crippen molar-refractivity contribution in [3.63, 3.8) is 0 Å². The first-order valence-corrected chi connectivity index (χ1v) is 11.5. The van der Waals surface area contributed by atoms with Gasteiger partial charge in [0.15, 0.2) is 0 Å². The van der Waals surface area contributed by atoms with Crippen molar-refractivity contribution in [1.82, 2.24) is 15.0 Å². The van der Waals surface area contributed by atoms with E-state index >= 15 is 0 Å². The van der Waals surface area contributed by atoms with Gasteiger partial charge in [-0.1, -0.05) is 13.0 Å². The molecular formula is C24H28N4O3S. The number of thiazole rings is 1. The van der Waals surface area contributed by atoms with Crippen LogP contribution >= 0.6 is 11.3 Å². The topological polar surface area (TPSA) is 108 Å². The van der Waals surface area contributed by atoms with Gasteiger partial charge in [-0.15, -0.1) is 11.3 Å². The lowest BCUT2D eigenvalue weighted by molar-refractivity contribution is -0.159. The van der Waals surface area contributed by atoms with Crippen molar-refractivity contribution in [3.05, 3.63) is 52.9 Å². The van der Waals surface area contributed by atoms with Crippen molar-refractivity contribution in [2.24, 2.45) is 11.3 Å². The smallest absolute Gasteiger partial charge is 0.309 e. The van der Waals surface area contributed by atoms with Gasteiger partial charge in [0.05, 0.1) is 10.3 Å². The first-order chi connectivity index (χ1) is 15.1. The molecule has 32 heavy (non-hydrogen) atoms. The summed E-state index contributed by atoms with van der Waals surface area (Å²) >= 11 is 1.46. The normalized spacial score (nSPS) is 25.5. The highest BCUT2D eigenvalue weighted by atomic mass is 32.1. The number of aliphatic hydroxyl groups is 1. The van der Waals surface area contributed by atoms with Crippen LogP contribution in [-0.2, 0) is 10.4 Å². The Morgan fingerprint density at radius 1 is 1.22 bits per heavy atom. The average molecular weight is 453 g/mol. The number of carboxylic acid groups (broad SMARTS) is 1. The van der Waals surface area contributed by atoms with Crippen LogP contribution in [0, 0.1) is 25.2 Å². The maximum Gasteiger partial charge on any atom is 0.309 e. The van der Waals surface area contributed by atoms with E-state index in [0.29, 0.717) is 30.2 Å². The molecule has 1 fully saturated rings. The van der Waals surface area contributed by atoms with Gasteiger partial charge in [-0.2, -0.15) is 0 Å². The summed E-state index contributed by atoms with van der Waals surface area (Å²) in [6.45, 7) is 7.62. The van der Waals surface area contributed by atoms with Gasteiger partial charge >= 0.3 is 5.97 Å². The van der Waals surface area contributed by atoms with E-state index in [2.05, 4.69) is 26.3 Å². The van der Waals surface area contributed by atoms with E-state index in [-0.39, 0.29) is 5.92 Å². The minimum Gasteiger partial charge on any atom is -0.481 e. The van der Waals surface area contributed by atoms with E-state index < -0.39 is 17.0 Å². The number of hydrogen-bond acceptors (Lipinski definition) is 7. The number of nitrogens with one attached hydrogen (secondary N) is 1. The SMILES string of the molecule is Cc1cc(Nc2nccc(C)n2)cc(-c2cnc([C@]3(O)CC[C@@](C)(C(=O)O)[C@H](C)C3)s2)c1. The standard InChI is InChI=1S/C24H28N4O3S/c1-14-9-17(11-18(10-14)28-22-25-8-5-16(3)27-22)19-13-26-20(32-19)24(31)7-6-23(4,21(29)30)15(2)12-24/h5,8-11,13,15,31H,6-7,12H2,1-4H3,(H,29,30)(H,25,27,28)/t15-,23-,24+/m1/s1. The fraction of sp³-hybridized carbons (Fsp3) is 0.417. The van der Waals surface area contributed by atoms with Crippen molar-refractivity contribution in [2.75, 3.05) is 5.32 Å². The van der Waals surface area contributed by atoms with Gasteiger partial charge in [-0.25, -0.2) is 15.0 Å². The Labute approximate surface area is 191 Å². The van der Waals surface area contributed by atoms with Crippen LogP contribution in [0.2, 0.25) is 0 Å². The van der Waals surface area contributed by atoms with Crippen molar-refractivity contribution in [3.8, 4) is 10.4 Å². The molecule has 1 aromatic carbocycles. The number of anilines is 2. The van der Waals surface area contributed by atoms with Crippen LogP contribution in [0.5, 0.6) is 0 Å². The number of nitrogens with zero attached hydrogens (tertiary/aromatic N) is 3. The molecule has 3 N–H and O–H groups in total. The fourth-order valence-electron chi connectivity index (χ4n) is 4.32. The van der Waals surface area contributed by atoms with E-state index in [1.807, 2.05) is 39.0 Å². The number of rotatable bonds is 5. The van der Waals surface area contributed by atoms with Crippen molar-refractivity contribution in [2.45, 2.75) is 52.6 Å².